The Morgan fingerprint density at radius 3 is 2.38 bits per heavy atom. The van der Waals surface area contributed by atoms with E-state index in [0.717, 1.165) is 25.3 Å². The highest BCUT2D eigenvalue weighted by Gasteiger charge is 2.25. The summed E-state index contributed by atoms with van der Waals surface area (Å²) in [5.74, 6) is 0.266. The Bertz CT molecular complexity index is 951. The summed E-state index contributed by atoms with van der Waals surface area (Å²) in [7, 11) is 0. The fraction of sp³-hybridized carbons (Fsp3) is 0.308. The van der Waals surface area contributed by atoms with E-state index in [2.05, 4.69) is 67.3 Å². The molecule has 0 spiro atoms. The number of hydrogen-bond acceptors (Lipinski definition) is 2. The lowest BCUT2D eigenvalue weighted by molar-refractivity contribution is -0.0126. The Morgan fingerprint density at radius 2 is 1.62 bits per heavy atom. The Morgan fingerprint density at radius 1 is 0.931 bits per heavy atom. The third kappa shape index (κ3) is 4.42. The molecule has 0 amide bonds. The van der Waals surface area contributed by atoms with Crippen molar-refractivity contribution in [1.82, 2.24) is 4.90 Å². The minimum atomic E-state index is -0.201. The van der Waals surface area contributed by atoms with Crippen LogP contribution < -0.4 is 0 Å². The van der Waals surface area contributed by atoms with Crippen molar-refractivity contribution >= 4 is 0 Å². The SMILES string of the molecule is CC(C)c1ccccc1-c1ccccc1CN1CCOC[C@@H]1c1ccc(F)cc1. The second-order valence-electron chi connectivity index (χ2n) is 8.01. The fourth-order valence-electron chi connectivity index (χ4n) is 4.20. The second kappa shape index (κ2) is 8.89. The standard InChI is InChI=1S/C26H28FNO/c1-19(2)23-8-5-6-10-25(23)24-9-4-3-7-21(24)17-28-15-16-29-18-26(28)20-11-13-22(27)14-12-20/h3-14,19,26H,15-18H2,1-2H3/t26-/m1/s1. The van der Waals surface area contributed by atoms with Gasteiger partial charge >= 0.3 is 0 Å². The predicted octanol–water partition coefficient (Wildman–Crippen LogP) is 6.19. The summed E-state index contributed by atoms with van der Waals surface area (Å²) in [6.45, 7) is 7.55. The number of benzene rings is 3. The van der Waals surface area contributed by atoms with Gasteiger partial charge in [-0.3, -0.25) is 4.90 Å². The van der Waals surface area contributed by atoms with Crippen molar-refractivity contribution in [2.75, 3.05) is 19.8 Å². The molecular weight excluding hydrogens is 361 g/mol. The van der Waals surface area contributed by atoms with Crippen molar-refractivity contribution < 1.29 is 9.13 Å². The van der Waals surface area contributed by atoms with E-state index in [0.29, 0.717) is 12.5 Å². The molecule has 3 aromatic carbocycles. The molecule has 0 aromatic heterocycles. The molecule has 0 saturated carbocycles. The number of nitrogens with zero attached hydrogens (tertiary/aromatic N) is 1. The molecule has 4 rings (SSSR count). The van der Waals surface area contributed by atoms with Gasteiger partial charge in [0.1, 0.15) is 5.82 Å². The van der Waals surface area contributed by atoms with Crippen LogP contribution >= 0.6 is 0 Å². The summed E-state index contributed by atoms with van der Waals surface area (Å²) in [5, 5.41) is 0. The Balaban J connectivity index is 1.67. The highest BCUT2D eigenvalue weighted by Crippen LogP contribution is 2.34. The third-order valence-electron chi connectivity index (χ3n) is 5.76. The van der Waals surface area contributed by atoms with Crippen LogP contribution in [0.5, 0.6) is 0 Å². The summed E-state index contributed by atoms with van der Waals surface area (Å²) in [5.41, 5.74) is 6.39. The van der Waals surface area contributed by atoms with E-state index in [9.17, 15) is 4.39 Å². The number of rotatable bonds is 5. The molecule has 1 fully saturated rings. The van der Waals surface area contributed by atoms with Crippen LogP contribution in [0.3, 0.4) is 0 Å². The zero-order valence-corrected chi connectivity index (χ0v) is 17.1. The van der Waals surface area contributed by atoms with Gasteiger partial charge in [-0.15, -0.1) is 0 Å². The molecule has 0 bridgehead atoms. The summed E-state index contributed by atoms with van der Waals surface area (Å²) >= 11 is 0. The first-order valence-electron chi connectivity index (χ1n) is 10.4. The Kier molecular flexibility index (Phi) is 6.08. The summed E-state index contributed by atoms with van der Waals surface area (Å²) in [4.78, 5) is 2.45. The van der Waals surface area contributed by atoms with Gasteiger partial charge in [-0.25, -0.2) is 4.39 Å². The van der Waals surface area contributed by atoms with Crippen LogP contribution in [0.2, 0.25) is 0 Å². The van der Waals surface area contributed by atoms with Crippen LogP contribution in [0.4, 0.5) is 4.39 Å². The van der Waals surface area contributed by atoms with Crippen molar-refractivity contribution in [3.63, 3.8) is 0 Å². The zero-order chi connectivity index (χ0) is 20.2. The molecule has 1 heterocycles. The van der Waals surface area contributed by atoms with Gasteiger partial charge in [0.25, 0.3) is 0 Å². The molecule has 3 aromatic rings. The smallest absolute Gasteiger partial charge is 0.123 e. The number of ether oxygens (including phenoxy) is 1. The molecule has 0 aliphatic carbocycles. The summed E-state index contributed by atoms with van der Waals surface area (Å²) in [6, 6.07) is 24.3. The highest BCUT2D eigenvalue weighted by molar-refractivity contribution is 5.71. The van der Waals surface area contributed by atoms with Gasteiger partial charge in [-0.2, -0.15) is 0 Å². The minimum Gasteiger partial charge on any atom is -0.378 e. The fourth-order valence-corrected chi connectivity index (χ4v) is 4.20. The van der Waals surface area contributed by atoms with Crippen molar-refractivity contribution in [3.8, 4) is 11.1 Å². The van der Waals surface area contributed by atoms with E-state index in [4.69, 9.17) is 4.74 Å². The summed E-state index contributed by atoms with van der Waals surface area (Å²) in [6.07, 6.45) is 0. The lowest BCUT2D eigenvalue weighted by Crippen LogP contribution is -2.39. The monoisotopic (exact) mass is 389 g/mol. The van der Waals surface area contributed by atoms with Gasteiger partial charge in [-0.05, 0) is 45.9 Å². The van der Waals surface area contributed by atoms with E-state index in [1.54, 1.807) is 0 Å². The molecule has 0 radical (unpaired) electrons. The lowest BCUT2D eigenvalue weighted by atomic mass is 9.90. The van der Waals surface area contributed by atoms with E-state index >= 15 is 0 Å². The Hall–Kier alpha value is -2.49. The van der Waals surface area contributed by atoms with Crippen molar-refractivity contribution in [1.29, 1.82) is 0 Å². The van der Waals surface area contributed by atoms with E-state index in [1.807, 2.05) is 12.1 Å². The average molecular weight is 390 g/mol. The molecule has 0 N–H and O–H groups in total. The van der Waals surface area contributed by atoms with Crippen molar-refractivity contribution in [2.45, 2.75) is 32.4 Å². The Labute approximate surface area is 172 Å². The second-order valence-corrected chi connectivity index (χ2v) is 8.01. The first-order valence-corrected chi connectivity index (χ1v) is 10.4. The van der Waals surface area contributed by atoms with Crippen LogP contribution in [0.1, 0.15) is 42.5 Å². The molecule has 29 heavy (non-hydrogen) atoms. The van der Waals surface area contributed by atoms with E-state index < -0.39 is 0 Å². The largest absolute Gasteiger partial charge is 0.378 e. The molecule has 1 saturated heterocycles. The molecule has 3 heteroatoms. The maximum Gasteiger partial charge on any atom is 0.123 e. The topological polar surface area (TPSA) is 12.5 Å². The molecule has 1 aliphatic rings. The van der Waals surface area contributed by atoms with Crippen LogP contribution in [-0.4, -0.2) is 24.7 Å². The zero-order valence-electron chi connectivity index (χ0n) is 17.1. The highest BCUT2D eigenvalue weighted by atomic mass is 19.1. The number of halogens is 1. The lowest BCUT2D eigenvalue weighted by Gasteiger charge is -2.36. The number of morpholine rings is 1. The minimum absolute atomic E-state index is 0.137. The van der Waals surface area contributed by atoms with Crippen molar-refractivity contribution in [2.24, 2.45) is 0 Å². The van der Waals surface area contributed by atoms with Crippen molar-refractivity contribution in [3.05, 3.63) is 95.3 Å². The van der Waals surface area contributed by atoms with Crippen LogP contribution in [0.25, 0.3) is 11.1 Å². The maximum atomic E-state index is 13.4. The average Bonchev–Trinajstić information content (AvgIpc) is 2.75. The third-order valence-corrected chi connectivity index (χ3v) is 5.76. The van der Waals surface area contributed by atoms with Gasteiger partial charge in [0, 0.05) is 13.1 Å². The molecule has 1 atom stereocenters. The van der Waals surface area contributed by atoms with Gasteiger partial charge in [-0.1, -0.05) is 74.5 Å². The van der Waals surface area contributed by atoms with Gasteiger partial charge < -0.3 is 4.74 Å². The van der Waals surface area contributed by atoms with Gasteiger partial charge in [0.05, 0.1) is 19.3 Å². The maximum absolute atomic E-state index is 13.4. The van der Waals surface area contributed by atoms with E-state index in [1.165, 1.54) is 34.4 Å². The van der Waals surface area contributed by atoms with Gasteiger partial charge in [0.2, 0.25) is 0 Å². The molecular formula is C26H28FNO. The quantitative estimate of drug-likeness (QED) is 0.516. The van der Waals surface area contributed by atoms with Crippen LogP contribution in [0.15, 0.2) is 72.8 Å². The van der Waals surface area contributed by atoms with E-state index in [-0.39, 0.29) is 11.9 Å². The van der Waals surface area contributed by atoms with Crippen LogP contribution in [-0.2, 0) is 11.3 Å². The molecule has 2 nitrogen and oxygen atoms in total. The summed E-state index contributed by atoms with van der Waals surface area (Å²) < 4.78 is 19.2. The van der Waals surface area contributed by atoms with Crippen LogP contribution in [0, 0.1) is 5.82 Å². The first-order chi connectivity index (χ1) is 14.1. The molecule has 150 valence electrons. The van der Waals surface area contributed by atoms with Gasteiger partial charge in [0.15, 0.2) is 0 Å². The normalized spacial score (nSPS) is 17.6. The predicted molar refractivity (Wildman–Crippen MR) is 116 cm³/mol. The number of hydrogen-bond donors (Lipinski definition) is 0. The molecule has 0 unspecified atom stereocenters. The molecule has 1 aliphatic heterocycles. The first kappa shape index (κ1) is 19.8.